The molecule has 1 N–H and O–H groups in total. The highest BCUT2D eigenvalue weighted by Crippen LogP contribution is 2.22. The molecule has 6 heteroatoms. The van der Waals surface area contributed by atoms with Crippen LogP contribution >= 0.6 is 11.8 Å². The predicted octanol–water partition coefficient (Wildman–Crippen LogP) is 3.97. The third-order valence-corrected chi connectivity index (χ3v) is 5.03. The fourth-order valence-corrected chi connectivity index (χ4v) is 3.33. The molecule has 1 heterocycles. The maximum Gasteiger partial charge on any atom is 0.271 e. The predicted molar refractivity (Wildman–Crippen MR) is 110 cm³/mol. The Morgan fingerprint density at radius 3 is 2.48 bits per heavy atom. The van der Waals surface area contributed by atoms with Crippen LogP contribution in [-0.2, 0) is 4.79 Å². The molecule has 0 saturated carbocycles. The van der Waals surface area contributed by atoms with Gasteiger partial charge in [0.25, 0.3) is 5.56 Å². The van der Waals surface area contributed by atoms with Crippen LogP contribution in [0, 0.1) is 13.8 Å². The molecule has 0 spiro atoms. The number of amides is 1. The van der Waals surface area contributed by atoms with Crippen LogP contribution in [0.15, 0.2) is 70.5 Å². The molecule has 0 aliphatic rings. The second-order valence-electron chi connectivity index (χ2n) is 6.38. The van der Waals surface area contributed by atoms with E-state index in [1.54, 1.807) is 6.07 Å². The Hall–Kier alpha value is -2.86. The van der Waals surface area contributed by atoms with Crippen LogP contribution in [0.25, 0.3) is 5.69 Å². The minimum Gasteiger partial charge on any atom is -0.325 e. The summed E-state index contributed by atoms with van der Waals surface area (Å²) < 4.78 is 1.35. The van der Waals surface area contributed by atoms with Crippen molar-refractivity contribution in [2.45, 2.75) is 31.0 Å². The fraction of sp³-hybridized carbons (Fsp3) is 0.190. The first kappa shape index (κ1) is 18.9. The molecule has 0 aliphatic carbocycles. The third kappa shape index (κ3) is 4.86. The van der Waals surface area contributed by atoms with Gasteiger partial charge in [0.05, 0.1) is 10.9 Å². The zero-order chi connectivity index (χ0) is 19.4. The molecular formula is C21H21N3O2S. The highest BCUT2D eigenvalue weighted by Gasteiger charge is 2.16. The Morgan fingerprint density at radius 1 is 1.04 bits per heavy atom. The summed E-state index contributed by atoms with van der Waals surface area (Å²) in [4.78, 5) is 24.6. The Bertz CT molecular complexity index is 1010. The van der Waals surface area contributed by atoms with E-state index in [4.69, 9.17) is 0 Å². The van der Waals surface area contributed by atoms with Crippen molar-refractivity contribution in [3.8, 4) is 5.69 Å². The van der Waals surface area contributed by atoms with Crippen molar-refractivity contribution in [3.05, 3.63) is 82.1 Å². The van der Waals surface area contributed by atoms with Crippen molar-refractivity contribution >= 4 is 23.4 Å². The van der Waals surface area contributed by atoms with Crippen LogP contribution in [0.1, 0.15) is 18.1 Å². The molecule has 1 atom stereocenters. The van der Waals surface area contributed by atoms with Crippen LogP contribution in [-0.4, -0.2) is 20.9 Å². The van der Waals surface area contributed by atoms with Gasteiger partial charge in [-0.15, -0.1) is 0 Å². The first-order valence-corrected chi connectivity index (χ1v) is 9.52. The van der Waals surface area contributed by atoms with E-state index in [1.807, 2.05) is 69.3 Å². The average Bonchev–Trinajstić information content (AvgIpc) is 2.64. The molecule has 0 fully saturated rings. The number of anilines is 1. The molecule has 1 amide bonds. The number of carbonyl (C=O) groups excluding carboxylic acids is 1. The van der Waals surface area contributed by atoms with Crippen LogP contribution in [0.4, 0.5) is 5.69 Å². The van der Waals surface area contributed by atoms with E-state index in [1.165, 1.54) is 22.5 Å². The van der Waals surface area contributed by atoms with Gasteiger partial charge in [-0.1, -0.05) is 41.6 Å². The maximum absolute atomic E-state index is 12.5. The number of aromatic nitrogens is 2. The summed E-state index contributed by atoms with van der Waals surface area (Å²) in [6.45, 7) is 5.78. The van der Waals surface area contributed by atoms with Crippen molar-refractivity contribution in [1.29, 1.82) is 0 Å². The number of nitrogens with one attached hydrogen (secondary N) is 1. The summed E-state index contributed by atoms with van der Waals surface area (Å²) in [5.74, 6) is -0.111. The molecule has 0 radical (unpaired) electrons. The summed E-state index contributed by atoms with van der Waals surface area (Å²) >= 11 is 1.31. The van der Waals surface area contributed by atoms with Crippen molar-refractivity contribution in [2.75, 3.05) is 5.32 Å². The number of hydrogen-bond acceptors (Lipinski definition) is 4. The topological polar surface area (TPSA) is 64.0 Å². The average molecular weight is 379 g/mol. The molecule has 3 rings (SSSR count). The Balaban J connectivity index is 1.75. The molecule has 27 heavy (non-hydrogen) atoms. The van der Waals surface area contributed by atoms with E-state index >= 15 is 0 Å². The van der Waals surface area contributed by atoms with Gasteiger partial charge >= 0.3 is 0 Å². The number of rotatable bonds is 5. The van der Waals surface area contributed by atoms with E-state index in [2.05, 4.69) is 10.4 Å². The molecule has 0 aliphatic heterocycles. The fourth-order valence-electron chi connectivity index (χ4n) is 2.53. The quantitative estimate of drug-likeness (QED) is 0.682. The summed E-state index contributed by atoms with van der Waals surface area (Å²) in [6.07, 6.45) is 0. The zero-order valence-electron chi connectivity index (χ0n) is 15.5. The first-order chi connectivity index (χ1) is 12.9. The van der Waals surface area contributed by atoms with Crippen molar-refractivity contribution < 1.29 is 4.79 Å². The third-order valence-electron chi connectivity index (χ3n) is 4.01. The molecule has 2 aromatic carbocycles. The van der Waals surface area contributed by atoms with Gasteiger partial charge in [0.15, 0.2) is 0 Å². The minimum atomic E-state index is -0.359. The van der Waals surface area contributed by atoms with Crippen LogP contribution in [0.2, 0.25) is 0 Å². The monoisotopic (exact) mass is 379 g/mol. The van der Waals surface area contributed by atoms with Crippen molar-refractivity contribution in [1.82, 2.24) is 9.78 Å². The lowest BCUT2D eigenvalue weighted by Gasteiger charge is -2.13. The van der Waals surface area contributed by atoms with Gasteiger partial charge in [-0.2, -0.15) is 9.78 Å². The number of aryl methyl sites for hydroxylation is 2. The molecule has 138 valence electrons. The normalized spacial score (nSPS) is 11.8. The molecule has 0 saturated heterocycles. The molecule has 1 aromatic heterocycles. The van der Waals surface area contributed by atoms with Gasteiger partial charge in [0.2, 0.25) is 5.91 Å². The second-order valence-corrected chi connectivity index (χ2v) is 7.74. The number of nitrogens with zero attached hydrogens (tertiary/aromatic N) is 2. The number of hydrogen-bond donors (Lipinski definition) is 1. The Labute approximate surface area is 162 Å². The minimum absolute atomic E-state index is 0.111. The lowest BCUT2D eigenvalue weighted by molar-refractivity contribution is -0.115. The molecule has 5 nitrogen and oxygen atoms in total. The number of carbonyl (C=O) groups is 1. The smallest absolute Gasteiger partial charge is 0.271 e. The standard InChI is InChI=1S/C21H21N3O2S/c1-14-7-9-18(10-8-14)24-20(25)12-11-19(23-24)27-16(3)21(26)22-17-6-4-5-15(2)13-17/h4-13,16H,1-3H3,(H,22,26)/t16-/m0/s1. The lowest BCUT2D eigenvalue weighted by Crippen LogP contribution is -2.24. The van der Waals surface area contributed by atoms with Crippen LogP contribution in [0.5, 0.6) is 0 Å². The summed E-state index contributed by atoms with van der Waals surface area (Å²) in [5, 5.41) is 7.57. The SMILES string of the molecule is Cc1ccc(-n2nc(S[C@@H](C)C(=O)Nc3cccc(C)c3)ccc2=O)cc1. The van der Waals surface area contributed by atoms with Crippen LogP contribution < -0.4 is 10.9 Å². The summed E-state index contributed by atoms with van der Waals surface area (Å²) in [5.41, 5.74) is 3.45. The van der Waals surface area contributed by atoms with Gasteiger partial charge in [0.1, 0.15) is 5.03 Å². The molecule has 0 unspecified atom stereocenters. The number of thioether (sulfide) groups is 1. The van der Waals surface area contributed by atoms with E-state index < -0.39 is 0 Å². The molecule has 3 aromatic rings. The highest BCUT2D eigenvalue weighted by molar-refractivity contribution is 8.00. The molecular weight excluding hydrogens is 358 g/mol. The lowest BCUT2D eigenvalue weighted by atomic mass is 10.2. The van der Waals surface area contributed by atoms with Crippen molar-refractivity contribution in [3.63, 3.8) is 0 Å². The first-order valence-electron chi connectivity index (χ1n) is 8.64. The van der Waals surface area contributed by atoms with Gasteiger partial charge in [-0.25, -0.2) is 0 Å². The van der Waals surface area contributed by atoms with E-state index in [0.29, 0.717) is 10.7 Å². The summed E-state index contributed by atoms with van der Waals surface area (Å²) in [7, 11) is 0. The van der Waals surface area contributed by atoms with Gasteiger partial charge in [0, 0.05) is 11.8 Å². The highest BCUT2D eigenvalue weighted by atomic mass is 32.2. The van der Waals surface area contributed by atoms with E-state index in [0.717, 1.165) is 16.8 Å². The Morgan fingerprint density at radius 2 is 1.78 bits per heavy atom. The van der Waals surface area contributed by atoms with Crippen molar-refractivity contribution in [2.24, 2.45) is 0 Å². The van der Waals surface area contributed by atoms with E-state index in [9.17, 15) is 9.59 Å². The Kier molecular flexibility index (Phi) is 5.76. The van der Waals surface area contributed by atoms with Gasteiger partial charge in [-0.3, -0.25) is 9.59 Å². The van der Waals surface area contributed by atoms with Gasteiger partial charge < -0.3 is 5.32 Å². The largest absolute Gasteiger partial charge is 0.325 e. The number of benzene rings is 2. The maximum atomic E-state index is 12.5. The van der Waals surface area contributed by atoms with E-state index in [-0.39, 0.29) is 16.7 Å². The summed E-state index contributed by atoms with van der Waals surface area (Å²) in [6, 6.07) is 18.4. The second kappa shape index (κ2) is 8.22. The zero-order valence-corrected chi connectivity index (χ0v) is 16.3. The van der Waals surface area contributed by atoms with Crippen LogP contribution in [0.3, 0.4) is 0 Å². The van der Waals surface area contributed by atoms with Gasteiger partial charge in [-0.05, 0) is 56.7 Å². The molecule has 0 bridgehead atoms.